The van der Waals surface area contributed by atoms with Crippen LogP contribution >= 0.6 is 0 Å². The minimum Gasteiger partial charge on any atom is -0.497 e. The standard InChI is InChI=1S/C16H24O3/c1-18-13-8-9-14(16(11-13)19-2)15(17)10-12-6-4-3-5-7-12/h8-9,11-12,15,17H,3-7,10H2,1-2H3. The van der Waals surface area contributed by atoms with E-state index in [4.69, 9.17) is 9.47 Å². The molecule has 1 aliphatic carbocycles. The van der Waals surface area contributed by atoms with E-state index in [1.807, 2.05) is 18.2 Å². The SMILES string of the molecule is COc1ccc(C(O)CC2CCCCC2)c(OC)c1. The van der Waals surface area contributed by atoms with Crippen LogP contribution in [0.4, 0.5) is 0 Å². The molecule has 19 heavy (non-hydrogen) atoms. The minimum absolute atomic E-state index is 0.441. The van der Waals surface area contributed by atoms with E-state index in [-0.39, 0.29) is 0 Å². The van der Waals surface area contributed by atoms with Gasteiger partial charge in [0.05, 0.1) is 20.3 Å². The summed E-state index contributed by atoms with van der Waals surface area (Å²) in [6, 6.07) is 5.62. The van der Waals surface area contributed by atoms with Crippen molar-refractivity contribution < 1.29 is 14.6 Å². The Kier molecular flexibility index (Phi) is 5.08. The number of hydrogen-bond donors (Lipinski definition) is 1. The van der Waals surface area contributed by atoms with E-state index in [1.165, 1.54) is 32.1 Å². The number of rotatable bonds is 5. The van der Waals surface area contributed by atoms with E-state index < -0.39 is 6.10 Å². The first kappa shape index (κ1) is 14.2. The number of benzene rings is 1. The van der Waals surface area contributed by atoms with Crippen LogP contribution in [-0.2, 0) is 0 Å². The predicted molar refractivity (Wildman–Crippen MR) is 75.7 cm³/mol. The van der Waals surface area contributed by atoms with Crippen LogP contribution in [0.5, 0.6) is 11.5 Å². The quantitative estimate of drug-likeness (QED) is 0.881. The van der Waals surface area contributed by atoms with Gasteiger partial charge in [0, 0.05) is 11.6 Å². The van der Waals surface area contributed by atoms with Gasteiger partial charge in [-0.25, -0.2) is 0 Å². The Bertz CT molecular complexity index is 397. The Morgan fingerprint density at radius 3 is 2.53 bits per heavy atom. The van der Waals surface area contributed by atoms with E-state index in [0.717, 1.165) is 17.7 Å². The molecular formula is C16H24O3. The molecule has 0 saturated heterocycles. The van der Waals surface area contributed by atoms with Crippen LogP contribution in [0.2, 0.25) is 0 Å². The van der Waals surface area contributed by atoms with Crippen LogP contribution in [0.15, 0.2) is 18.2 Å². The molecule has 1 N–H and O–H groups in total. The highest BCUT2D eigenvalue weighted by Crippen LogP contribution is 2.36. The van der Waals surface area contributed by atoms with Gasteiger partial charge in [0.2, 0.25) is 0 Å². The van der Waals surface area contributed by atoms with Gasteiger partial charge in [-0.3, -0.25) is 0 Å². The summed E-state index contributed by atoms with van der Waals surface area (Å²) in [6.45, 7) is 0. The maximum Gasteiger partial charge on any atom is 0.128 e. The van der Waals surface area contributed by atoms with Crippen molar-refractivity contribution in [2.45, 2.75) is 44.6 Å². The predicted octanol–water partition coefficient (Wildman–Crippen LogP) is 3.71. The maximum absolute atomic E-state index is 10.4. The molecule has 3 heteroatoms. The van der Waals surface area contributed by atoms with Gasteiger partial charge in [-0.1, -0.05) is 32.1 Å². The third kappa shape index (κ3) is 3.63. The fourth-order valence-corrected chi connectivity index (χ4v) is 2.96. The Morgan fingerprint density at radius 2 is 1.89 bits per heavy atom. The molecule has 106 valence electrons. The summed E-state index contributed by atoms with van der Waals surface area (Å²) in [6.07, 6.45) is 6.84. The Hall–Kier alpha value is -1.22. The minimum atomic E-state index is -0.441. The summed E-state index contributed by atoms with van der Waals surface area (Å²) in [5, 5.41) is 10.4. The smallest absolute Gasteiger partial charge is 0.128 e. The van der Waals surface area contributed by atoms with Gasteiger partial charge in [-0.05, 0) is 24.5 Å². The van der Waals surface area contributed by atoms with Crippen molar-refractivity contribution in [2.75, 3.05) is 14.2 Å². The second-order valence-electron chi connectivity index (χ2n) is 5.36. The van der Waals surface area contributed by atoms with E-state index >= 15 is 0 Å². The molecule has 1 aromatic carbocycles. The van der Waals surface area contributed by atoms with Crippen molar-refractivity contribution in [3.05, 3.63) is 23.8 Å². The van der Waals surface area contributed by atoms with Crippen molar-refractivity contribution in [3.63, 3.8) is 0 Å². The molecule has 0 radical (unpaired) electrons. The van der Waals surface area contributed by atoms with Crippen LogP contribution in [-0.4, -0.2) is 19.3 Å². The fraction of sp³-hybridized carbons (Fsp3) is 0.625. The van der Waals surface area contributed by atoms with E-state index in [2.05, 4.69) is 0 Å². The Labute approximate surface area is 115 Å². The molecule has 0 heterocycles. The van der Waals surface area contributed by atoms with Gasteiger partial charge in [0.25, 0.3) is 0 Å². The average molecular weight is 264 g/mol. The average Bonchev–Trinajstić information content (AvgIpc) is 2.47. The summed E-state index contributed by atoms with van der Waals surface area (Å²) in [5.74, 6) is 2.11. The van der Waals surface area contributed by atoms with Gasteiger partial charge >= 0.3 is 0 Å². The molecule has 1 aromatic rings. The monoisotopic (exact) mass is 264 g/mol. The molecule has 0 aliphatic heterocycles. The molecule has 0 bridgehead atoms. The summed E-state index contributed by atoms with van der Waals surface area (Å²) in [4.78, 5) is 0. The van der Waals surface area contributed by atoms with Crippen molar-refractivity contribution in [1.82, 2.24) is 0 Å². The number of methoxy groups -OCH3 is 2. The van der Waals surface area contributed by atoms with E-state index in [0.29, 0.717) is 11.7 Å². The lowest BCUT2D eigenvalue weighted by atomic mass is 9.84. The Morgan fingerprint density at radius 1 is 1.16 bits per heavy atom. The zero-order valence-corrected chi connectivity index (χ0v) is 11.9. The first-order valence-corrected chi connectivity index (χ1v) is 7.14. The zero-order valence-electron chi connectivity index (χ0n) is 11.9. The number of hydrogen-bond acceptors (Lipinski definition) is 3. The van der Waals surface area contributed by atoms with E-state index in [9.17, 15) is 5.11 Å². The third-order valence-electron chi connectivity index (χ3n) is 4.08. The zero-order chi connectivity index (χ0) is 13.7. The highest BCUT2D eigenvalue weighted by Gasteiger charge is 2.21. The van der Waals surface area contributed by atoms with Gasteiger partial charge < -0.3 is 14.6 Å². The number of aliphatic hydroxyl groups is 1. The third-order valence-corrected chi connectivity index (χ3v) is 4.08. The summed E-state index contributed by atoms with van der Waals surface area (Å²) < 4.78 is 10.5. The van der Waals surface area contributed by atoms with Crippen LogP contribution in [0.25, 0.3) is 0 Å². The molecular weight excluding hydrogens is 240 g/mol. The maximum atomic E-state index is 10.4. The van der Waals surface area contributed by atoms with Gasteiger partial charge in [0.15, 0.2) is 0 Å². The lowest BCUT2D eigenvalue weighted by Crippen LogP contribution is -2.11. The van der Waals surface area contributed by atoms with Crippen molar-refractivity contribution >= 4 is 0 Å². The number of ether oxygens (including phenoxy) is 2. The molecule has 0 amide bonds. The van der Waals surface area contributed by atoms with Gasteiger partial charge in [-0.2, -0.15) is 0 Å². The second-order valence-corrected chi connectivity index (χ2v) is 5.36. The van der Waals surface area contributed by atoms with Gasteiger partial charge in [-0.15, -0.1) is 0 Å². The van der Waals surface area contributed by atoms with Crippen molar-refractivity contribution in [3.8, 4) is 11.5 Å². The lowest BCUT2D eigenvalue weighted by molar-refractivity contribution is 0.128. The van der Waals surface area contributed by atoms with E-state index in [1.54, 1.807) is 14.2 Å². The highest BCUT2D eigenvalue weighted by atomic mass is 16.5. The normalized spacial score (nSPS) is 18.1. The van der Waals surface area contributed by atoms with Crippen LogP contribution < -0.4 is 9.47 Å². The molecule has 3 nitrogen and oxygen atoms in total. The topological polar surface area (TPSA) is 38.7 Å². The fourth-order valence-electron chi connectivity index (χ4n) is 2.96. The molecule has 1 aliphatic rings. The Balaban J connectivity index is 2.06. The molecule has 1 fully saturated rings. The second kappa shape index (κ2) is 6.80. The summed E-state index contributed by atoms with van der Waals surface area (Å²) in [7, 11) is 3.26. The van der Waals surface area contributed by atoms with Crippen LogP contribution in [0.1, 0.15) is 50.2 Å². The summed E-state index contributed by atoms with van der Waals surface area (Å²) >= 11 is 0. The molecule has 1 saturated carbocycles. The van der Waals surface area contributed by atoms with Crippen LogP contribution in [0, 0.1) is 5.92 Å². The summed E-state index contributed by atoms with van der Waals surface area (Å²) in [5.41, 5.74) is 0.869. The first-order chi connectivity index (χ1) is 9.24. The van der Waals surface area contributed by atoms with Crippen molar-refractivity contribution in [1.29, 1.82) is 0 Å². The molecule has 0 spiro atoms. The molecule has 1 unspecified atom stereocenters. The first-order valence-electron chi connectivity index (χ1n) is 7.14. The lowest BCUT2D eigenvalue weighted by Gasteiger charge is -2.25. The van der Waals surface area contributed by atoms with Crippen LogP contribution in [0.3, 0.4) is 0 Å². The molecule has 1 atom stereocenters. The largest absolute Gasteiger partial charge is 0.497 e. The number of aliphatic hydroxyl groups excluding tert-OH is 1. The van der Waals surface area contributed by atoms with Gasteiger partial charge in [0.1, 0.15) is 11.5 Å². The molecule has 2 rings (SSSR count). The highest BCUT2D eigenvalue weighted by molar-refractivity contribution is 5.41. The van der Waals surface area contributed by atoms with Crippen molar-refractivity contribution in [2.24, 2.45) is 5.92 Å². The molecule has 0 aromatic heterocycles.